The fraction of sp³-hybridized carbons (Fsp3) is 0.125. The molecule has 0 amide bonds. The maximum atomic E-state index is 12.3. The highest BCUT2D eigenvalue weighted by atomic mass is 32.2. The number of aromatic nitrogens is 3. The molecule has 0 unspecified atom stereocenters. The molecule has 0 aliphatic rings. The summed E-state index contributed by atoms with van der Waals surface area (Å²) in [6, 6.07) is 14.5. The van der Waals surface area contributed by atoms with E-state index >= 15 is 0 Å². The third-order valence-electron chi connectivity index (χ3n) is 3.28. The molecule has 0 aliphatic heterocycles. The van der Waals surface area contributed by atoms with Gasteiger partial charge in [0.2, 0.25) is 10.0 Å². The van der Waals surface area contributed by atoms with E-state index in [2.05, 4.69) is 14.9 Å². The molecule has 0 saturated carbocycles. The van der Waals surface area contributed by atoms with Crippen LogP contribution in [0.5, 0.6) is 0 Å². The zero-order valence-electron chi connectivity index (χ0n) is 12.5. The third kappa shape index (κ3) is 3.95. The van der Waals surface area contributed by atoms with Crippen LogP contribution in [-0.2, 0) is 15.8 Å². The largest absolute Gasteiger partial charge is 0.288 e. The van der Waals surface area contributed by atoms with E-state index in [0.717, 1.165) is 16.8 Å². The topological polar surface area (TPSA) is 76.9 Å². The highest BCUT2D eigenvalue weighted by molar-refractivity contribution is 7.91. The van der Waals surface area contributed by atoms with Gasteiger partial charge >= 0.3 is 0 Å². The zero-order valence-corrected chi connectivity index (χ0v) is 13.4. The Morgan fingerprint density at radius 3 is 2.52 bits per heavy atom. The van der Waals surface area contributed by atoms with Crippen LogP contribution < -0.4 is 4.72 Å². The summed E-state index contributed by atoms with van der Waals surface area (Å²) in [7, 11) is -3.48. The molecule has 0 saturated heterocycles. The lowest BCUT2D eigenvalue weighted by Crippen LogP contribution is -2.15. The summed E-state index contributed by atoms with van der Waals surface area (Å²) in [4.78, 5) is 0. The van der Waals surface area contributed by atoms with Gasteiger partial charge in [0.15, 0.2) is 0 Å². The van der Waals surface area contributed by atoms with Gasteiger partial charge in [-0.05, 0) is 30.7 Å². The predicted octanol–water partition coefficient (Wildman–Crippen LogP) is 2.52. The monoisotopic (exact) mass is 328 g/mol. The first-order valence-corrected chi connectivity index (χ1v) is 8.68. The molecular formula is C16H16N4O2S. The Balaban J connectivity index is 1.79. The standard InChI is InChI=1S/C16H16N4O2S/c1-13-4-2-5-14(8-13)10-23(21,22)19-15-6-3-7-16(9-15)20-11-17-18-12-20/h2-9,11-12,19H,10H2,1H3. The summed E-state index contributed by atoms with van der Waals surface area (Å²) < 4.78 is 29.0. The first-order chi connectivity index (χ1) is 11.0. The Labute approximate surface area is 134 Å². The van der Waals surface area contributed by atoms with Gasteiger partial charge in [0, 0.05) is 0 Å². The Hall–Kier alpha value is -2.67. The normalized spacial score (nSPS) is 11.3. The number of hydrogen-bond donors (Lipinski definition) is 1. The zero-order chi connectivity index (χ0) is 16.3. The average molecular weight is 328 g/mol. The Morgan fingerprint density at radius 1 is 1.04 bits per heavy atom. The summed E-state index contributed by atoms with van der Waals surface area (Å²) in [5, 5.41) is 7.48. The number of aryl methyl sites for hydroxylation is 1. The van der Waals surface area contributed by atoms with Crippen LogP contribution in [0.1, 0.15) is 11.1 Å². The Kier molecular flexibility index (Phi) is 4.12. The summed E-state index contributed by atoms with van der Waals surface area (Å²) in [5.41, 5.74) is 3.08. The molecule has 3 rings (SSSR count). The average Bonchev–Trinajstić information content (AvgIpc) is 3.00. The van der Waals surface area contributed by atoms with Crippen molar-refractivity contribution >= 4 is 15.7 Å². The van der Waals surface area contributed by atoms with Crippen LogP contribution in [0.4, 0.5) is 5.69 Å². The lowest BCUT2D eigenvalue weighted by molar-refractivity contribution is 0.600. The van der Waals surface area contributed by atoms with E-state index in [0.29, 0.717) is 5.69 Å². The van der Waals surface area contributed by atoms with Crippen LogP contribution >= 0.6 is 0 Å². The fourth-order valence-corrected chi connectivity index (χ4v) is 3.48. The van der Waals surface area contributed by atoms with Crippen molar-refractivity contribution in [1.29, 1.82) is 0 Å². The van der Waals surface area contributed by atoms with E-state index in [1.54, 1.807) is 41.5 Å². The molecule has 23 heavy (non-hydrogen) atoms. The summed E-state index contributed by atoms with van der Waals surface area (Å²) >= 11 is 0. The van der Waals surface area contributed by atoms with E-state index in [-0.39, 0.29) is 5.75 Å². The van der Waals surface area contributed by atoms with Crippen molar-refractivity contribution in [3.63, 3.8) is 0 Å². The van der Waals surface area contributed by atoms with Crippen molar-refractivity contribution < 1.29 is 8.42 Å². The van der Waals surface area contributed by atoms with E-state index in [9.17, 15) is 8.42 Å². The Morgan fingerprint density at radius 2 is 1.78 bits per heavy atom. The predicted molar refractivity (Wildman–Crippen MR) is 88.8 cm³/mol. The molecule has 0 atom stereocenters. The molecule has 1 heterocycles. The van der Waals surface area contributed by atoms with Crippen molar-refractivity contribution in [1.82, 2.24) is 14.8 Å². The minimum atomic E-state index is -3.48. The van der Waals surface area contributed by atoms with E-state index in [1.807, 2.05) is 31.2 Å². The van der Waals surface area contributed by atoms with E-state index in [4.69, 9.17) is 0 Å². The molecule has 0 radical (unpaired) electrons. The molecule has 1 aromatic heterocycles. The van der Waals surface area contributed by atoms with Crippen LogP contribution in [0.15, 0.2) is 61.2 Å². The number of nitrogens with one attached hydrogen (secondary N) is 1. The fourth-order valence-electron chi connectivity index (χ4n) is 2.30. The summed E-state index contributed by atoms with van der Waals surface area (Å²) in [6.45, 7) is 1.94. The maximum absolute atomic E-state index is 12.3. The lowest BCUT2D eigenvalue weighted by atomic mass is 10.2. The van der Waals surface area contributed by atoms with Gasteiger partial charge in [-0.25, -0.2) is 8.42 Å². The van der Waals surface area contributed by atoms with Crippen LogP contribution in [0, 0.1) is 6.92 Å². The molecule has 6 nitrogen and oxygen atoms in total. The molecule has 118 valence electrons. The van der Waals surface area contributed by atoms with Crippen molar-refractivity contribution in [2.45, 2.75) is 12.7 Å². The van der Waals surface area contributed by atoms with Crippen molar-refractivity contribution in [2.24, 2.45) is 0 Å². The molecule has 3 aromatic rings. The van der Waals surface area contributed by atoms with E-state index < -0.39 is 10.0 Å². The number of benzene rings is 2. The van der Waals surface area contributed by atoms with Gasteiger partial charge in [-0.3, -0.25) is 9.29 Å². The van der Waals surface area contributed by atoms with Gasteiger partial charge < -0.3 is 0 Å². The summed E-state index contributed by atoms with van der Waals surface area (Å²) in [6.07, 6.45) is 3.11. The molecule has 7 heteroatoms. The minimum absolute atomic E-state index is 0.0639. The molecule has 0 spiro atoms. The van der Waals surface area contributed by atoms with Gasteiger partial charge in [-0.15, -0.1) is 10.2 Å². The van der Waals surface area contributed by atoms with Crippen molar-refractivity contribution in [2.75, 3.05) is 4.72 Å². The Bertz CT molecular complexity index is 905. The number of rotatable bonds is 5. The van der Waals surface area contributed by atoms with Gasteiger partial charge in [0.05, 0.1) is 17.1 Å². The molecular weight excluding hydrogens is 312 g/mol. The number of hydrogen-bond acceptors (Lipinski definition) is 4. The van der Waals surface area contributed by atoms with Crippen LogP contribution in [0.3, 0.4) is 0 Å². The number of sulfonamides is 1. The van der Waals surface area contributed by atoms with Gasteiger partial charge in [-0.1, -0.05) is 35.9 Å². The lowest BCUT2D eigenvalue weighted by Gasteiger charge is -2.10. The minimum Gasteiger partial charge on any atom is -0.288 e. The molecule has 1 N–H and O–H groups in total. The smallest absolute Gasteiger partial charge is 0.236 e. The van der Waals surface area contributed by atoms with Gasteiger partial charge in [0.1, 0.15) is 12.7 Å². The SMILES string of the molecule is Cc1cccc(CS(=O)(=O)Nc2cccc(-n3cnnc3)c2)c1. The molecule has 0 aliphatic carbocycles. The third-order valence-corrected chi connectivity index (χ3v) is 4.54. The second-order valence-electron chi connectivity index (χ2n) is 5.27. The highest BCUT2D eigenvalue weighted by Crippen LogP contribution is 2.17. The molecule has 0 fully saturated rings. The second-order valence-corrected chi connectivity index (χ2v) is 6.99. The van der Waals surface area contributed by atoms with Gasteiger partial charge in [0.25, 0.3) is 0 Å². The summed E-state index contributed by atoms with van der Waals surface area (Å²) in [5.74, 6) is -0.0639. The van der Waals surface area contributed by atoms with Crippen LogP contribution in [0.25, 0.3) is 5.69 Å². The number of nitrogens with zero attached hydrogens (tertiary/aromatic N) is 3. The van der Waals surface area contributed by atoms with Crippen molar-refractivity contribution in [3.8, 4) is 5.69 Å². The maximum Gasteiger partial charge on any atom is 0.236 e. The first kappa shape index (κ1) is 15.2. The second kappa shape index (κ2) is 6.21. The quantitative estimate of drug-likeness (QED) is 0.781. The van der Waals surface area contributed by atoms with E-state index in [1.165, 1.54) is 0 Å². The molecule has 0 bridgehead atoms. The van der Waals surface area contributed by atoms with Crippen LogP contribution in [0.2, 0.25) is 0 Å². The molecule has 2 aromatic carbocycles. The van der Waals surface area contributed by atoms with Gasteiger partial charge in [-0.2, -0.15) is 0 Å². The van der Waals surface area contributed by atoms with Crippen LogP contribution in [-0.4, -0.2) is 23.2 Å². The first-order valence-electron chi connectivity index (χ1n) is 7.03. The number of anilines is 1. The highest BCUT2D eigenvalue weighted by Gasteiger charge is 2.12. The van der Waals surface area contributed by atoms with Crippen molar-refractivity contribution in [3.05, 3.63) is 72.3 Å².